The maximum Gasteiger partial charge on any atom is 0.0777 e. The Kier molecular flexibility index (Phi) is 4.59. The van der Waals surface area contributed by atoms with E-state index in [0.29, 0.717) is 0 Å². The standard InChI is InChI=1S/C16H32N2O/c1-13-6-8-16(11-17,10-14(13)2)18-9-5-7-15(3,12-18)19-4/h13-14H,5-12,17H2,1-4H3. The lowest BCUT2D eigenvalue weighted by Gasteiger charge is -2.53. The van der Waals surface area contributed by atoms with Crippen LogP contribution in [0, 0.1) is 11.8 Å². The van der Waals surface area contributed by atoms with Crippen LogP contribution in [0.25, 0.3) is 0 Å². The van der Waals surface area contributed by atoms with E-state index in [-0.39, 0.29) is 11.1 Å². The molecule has 3 nitrogen and oxygen atoms in total. The van der Waals surface area contributed by atoms with Crippen LogP contribution in [-0.4, -0.2) is 42.8 Å². The van der Waals surface area contributed by atoms with Crippen molar-refractivity contribution in [1.82, 2.24) is 4.90 Å². The Balaban J connectivity index is 2.12. The van der Waals surface area contributed by atoms with Crippen LogP contribution < -0.4 is 5.73 Å². The van der Waals surface area contributed by atoms with Gasteiger partial charge in [-0.25, -0.2) is 0 Å². The molecule has 4 atom stereocenters. The highest BCUT2D eigenvalue weighted by Crippen LogP contribution is 2.41. The van der Waals surface area contributed by atoms with Crippen molar-refractivity contribution in [3.8, 4) is 0 Å². The summed E-state index contributed by atoms with van der Waals surface area (Å²) in [4.78, 5) is 2.66. The Bertz CT molecular complexity index is 309. The van der Waals surface area contributed by atoms with Gasteiger partial charge in [-0.1, -0.05) is 13.8 Å². The highest BCUT2D eigenvalue weighted by molar-refractivity contribution is 5.01. The number of hydrogen-bond donors (Lipinski definition) is 1. The Hall–Kier alpha value is -0.120. The van der Waals surface area contributed by atoms with Gasteiger partial charge in [-0.15, -0.1) is 0 Å². The van der Waals surface area contributed by atoms with Crippen molar-refractivity contribution >= 4 is 0 Å². The summed E-state index contributed by atoms with van der Waals surface area (Å²) in [6.45, 7) is 10.1. The number of piperidine rings is 1. The van der Waals surface area contributed by atoms with Gasteiger partial charge in [0.25, 0.3) is 0 Å². The minimum atomic E-state index is 0.0206. The van der Waals surface area contributed by atoms with Crippen LogP contribution in [-0.2, 0) is 4.74 Å². The summed E-state index contributed by atoms with van der Waals surface area (Å²) in [5.74, 6) is 1.63. The molecule has 4 unspecified atom stereocenters. The number of likely N-dealkylation sites (tertiary alicyclic amines) is 1. The Morgan fingerprint density at radius 3 is 2.58 bits per heavy atom. The average Bonchev–Trinajstić information content (AvgIpc) is 2.42. The molecule has 3 heteroatoms. The maximum atomic E-state index is 6.22. The van der Waals surface area contributed by atoms with Gasteiger partial charge >= 0.3 is 0 Å². The fourth-order valence-corrected chi connectivity index (χ4v) is 4.06. The van der Waals surface area contributed by atoms with Gasteiger partial charge in [0, 0.05) is 25.7 Å². The molecule has 0 aromatic heterocycles. The van der Waals surface area contributed by atoms with E-state index in [9.17, 15) is 0 Å². The quantitative estimate of drug-likeness (QED) is 0.855. The third-order valence-corrected chi connectivity index (χ3v) is 5.94. The monoisotopic (exact) mass is 268 g/mol. The van der Waals surface area contributed by atoms with E-state index in [1.54, 1.807) is 0 Å². The first-order chi connectivity index (χ1) is 8.95. The Labute approximate surface area is 118 Å². The van der Waals surface area contributed by atoms with E-state index in [1.807, 2.05) is 7.11 Å². The normalized spacial score (nSPS) is 45.3. The summed E-state index contributed by atoms with van der Waals surface area (Å²) < 4.78 is 5.75. The van der Waals surface area contributed by atoms with Gasteiger partial charge in [0.2, 0.25) is 0 Å². The first-order valence-corrected chi connectivity index (χ1v) is 7.95. The number of methoxy groups -OCH3 is 1. The van der Waals surface area contributed by atoms with E-state index >= 15 is 0 Å². The van der Waals surface area contributed by atoms with Crippen molar-refractivity contribution in [1.29, 1.82) is 0 Å². The van der Waals surface area contributed by atoms with Gasteiger partial charge < -0.3 is 10.5 Å². The first kappa shape index (κ1) is 15.3. The van der Waals surface area contributed by atoms with Gasteiger partial charge in [-0.2, -0.15) is 0 Å². The van der Waals surface area contributed by atoms with Crippen LogP contribution in [0.15, 0.2) is 0 Å². The molecule has 19 heavy (non-hydrogen) atoms. The molecule has 0 aromatic carbocycles. The largest absolute Gasteiger partial charge is 0.377 e. The zero-order valence-electron chi connectivity index (χ0n) is 13.2. The van der Waals surface area contributed by atoms with Crippen molar-refractivity contribution in [2.75, 3.05) is 26.7 Å². The molecular formula is C16H32N2O. The van der Waals surface area contributed by atoms with Gasteiger partial charge in [0.15, 0.2) is 0 Å². The molecular weight excluding hydrogens is 236 g/mol. The number of rotatable bonds is 3. The number of hydrogen-bond acceptors (Lipinski definition) is 3. The highest BCUT2D eigenvalue weighted by atomic mass is 16.5. The Morgan fingerprint density at radius 1 is 1.26 bits per heavy atom. The predicted octanol–water partition coefficient (Wildman–Crippen LogP) is 2.64. The number of nitrogens with two attached hydrogens (primary N) is 1. The zero-order chi connectivity index (χ0) is 14.1. The lowest BCUT2D eigenvalue weighted by molar-refractivity contribution is -0.0939. The minimum absolute atomic E-state index is 0.0206. The summed E-state index contributed by atoms with van der Waals surface area (Å²) in [5, 5.41) is 0. The number of ether oxygens (including phenoxy) is 1. The third-order valence-electron chi connectivity index (χ3n) is 5.94. The van der Waals surface area contributed by atoms with Gasteiger partial charge in [0.1, 0.15) is 0 Å². The first-order valence-electron chi connectivity index (χ1n) is 7.95. The fourth-order valence-electron chi connectivity index (χ4n) is 4.06. The summed E-state index contributed by atoms with van der Waals surface area (Å²) in [7, 11) is 1.85. The molecule has 0 spiro atoms. The van der Waals surface area contributed by atoms with E-state index in [4.69, 9.17) is 10.5 Å². The van der Waals surface area contributed by atoms with Crippen molar-refractivity contribution in [2.45, 2.75) is 64.0 Å². The molecule has 0 aromatic rings. The summed E-state index contributed by atoms with van der Waals surface area (Å²) in [6, 6.07) is 0. The van der Waals surface area contributed by atoms with E-state index in [2.05, 4.69) is 25.7 Å². The molecule has 1 aliphatic heterocycles. The molecule has 0 radical (unpaired) electrons. The summed E-state index contributed by atoms with van der Waals surface area (Å²) in [6.07, 6.45) is 6.24. The molecule has 1 heterocycles. The second-order valence-electron chi connectivity index (χ2n) is 7.30. The van der Waals surface area contributed by atoms with E-state index < -0.39 is 0 Å². The molecule has 112 valence electrons. The molecule has 1 saturated carbocycles. The highest BCUT2D eigenvalue weighted by Gasteiger charge is 2.45. The van der Waals surface area contributed by atoms with E-state index in [0.717, 1.165) is 24.9 Å². The lowest BCUT2D eigenvalue weighted by atomic mass is 9.69. The van der Waals surface area contributed by atoms with Gasteiger partial charge in [0.05, 0.1) is 5.60 Å². The van der Waals surface area contributed by atoms with Gasteiger partial charge in [-0.05, 0) is 57.4 Å². The number of nitrogens with zero attached hydrogens (tertiary/aromatic N) is 1. The molecule has 2 N–H and O–H groups in total. The SMILES string of the molecule is COC1(C)CCCN(C2(CN)CCC(C)C(C)C2)C1. The maximum absolute atomic E-state index is 6.22. The van der Waals surface area contributed by atoms with Crippen LogP contribution in [0.4, 0.5) is 0 Å². The molecule has 2 fully saturated rings. The topological polar surface area (TPSA) is 38.5 Å². The zero-order valence-corrected chi connectivity index (χ0v) is 13.2. The van der Waals surface area contributed by atoms with Crippen molar-refractivity contribution in [3.05, 3.63) is 0 Å². The molecule has 2 aliphatic rings. The third kappa shape index (κ3) is 2.98. The lowest BCUT2D eigenvalue weighted by Crippen LogP contribution is -2.62. The summed E-state index contributed by atoms with van der Waals surface area (Å²) >= 11 is 0. The van der Waals surface area contributed by atoms with Crippen molar-refractivity contribution < 1.29 is 4.74 Å². The molecule has 1 aliphatic carbocycles. The van der Waals surface area contributed by atoms with Crippen molar-refractivity contribution in [2.24, 2.45) is 17.6 Å². The molecule has 0 amide bonds. The smallest absolute Gasteiger partial charge is 0.0777 e. The average molecular weight is 268 g/mol. The summed E-state index contributed by atoms with van der Waals surface area (Å²) in [5.41, 5.74) is 6.47. The molecule has 1 saturated heterocycles. The van der Waals surface area contributed by atoms with Crippen LogP contribution in [0.5, 0.6) is 0 Å². The molecule has 0 bridgehead atoms. The van der Waals surface area contributed by atoms with Crippen LogP contribution in [0.1, 0.15) is 52.9 Å². The molecule has 2 rings (SSSR count). The Morgan fingerprint density at radius 2 is 2.00 bits per heavy atom. The van der Waals surface area contributed by atoms with Crippen LogP contribution >= 0.6 is 0 Å². The second kappa shape index (κ2) is 5.71. The predicted molar refractivity (Wildman–Crippen MR) is 80.2 cm³/mol. The van der Waals surface area contributed by atoms with Gasteiger partial charge in [-0.3, -0.25) is 4.90 Å². The van der Waals surface area contributed by atoms with Crippen molar-refractivity contribution in [3.63, 3.8) is 0 Å². The van der Waals surface area contributed by atoms with Crippen LogP contribution in [0.3, 0.4) is 0 Å². The minimum Gasteiger partial charge on any atom is -0.377 e. The van der Waals surface area contributed by atoms with Crippen LogP contribution in [0.2, 0.25) is 0 Å². The fraction of sp³-hybridized carbons (Fsp3) is 1.00. The second-order valence-corrected chi connectivity index (χ2v) is 7.30. The van der Waals surface area contributed by atoms with E-state index in [1.165, 1.54) is 38.6 Å².